The van der Waals surface area contributed by atoms with E-state index < -0.39 is 0 Å². The van der Waals surface area contributed by atoms with Crippen LogP contribution in [0.1, 0.15) is 57.6 Å². The monoisotopic (exact) mass is 275 g/mol. The Labute approximate surface area is 123 Å². The fourth-order valence-corrected chi connectivity index (χ4v) is 2.96. The highest BCUT2D eigenvalue weighted by Crippen LogP contribution is 2.25. The standard InChI is InChI=1S/C18H29NO/c1-4-7-14(2)19-13-15(3)20-18-11-10-16-8-5-6-9-17(16)12-18/h10-12,14-15,19H,4-9,13H2,1-3H3. The van der Waals surface area contributed by atoms with E-state index in [1.54, 1.807) is 0 Å². The van der Waals surface area contributed by atoms with Crippen LogP contribution in [0.5, 0.6) is 5.75 Å². The predicted molar refractivity (Wildman–Crippen MR) is 85.5 cm³/mol. The third-order valence-corrected chi connectivity index (χ3v) is 4.13. The van der Waals surface area contributed by atoms with Gasteiger partial charge in [0.1, 0.15) is 11.9 Å². The van der Waals surface area contributed by atoms with Gasteiger partial charge in [-0.25, -0.2) is 0 Å². The van der Waals surface area contributed by atoms with E-state index in [1.165, 1.54) is 49.7 Å². The summed E-state index contributed by atoms with van der Waals surface area (Å²) in [5.74, 6) is 1.03. The van der Waals surface area contributed by atoms with Gasteiger partial charge in [0.05, 0.1) is 0 Å². The molecule has 0 radical (unpaired) electrons. The van der Waals surface area contributed by atoms with Gasteiger partial charge in [0.25, 0.3) is 0 Å². The van der Waals surface area contributed by atoms with Crippen LogP contribution >= 0.6 is 0 Å². The van der Waals surface area contributed by atoms with E-state index in [4.69, 9.17) is 4.74 Å². The van der Waals surface area contributed by atoms with Crippen molar-refractivity contribution in [3.63, 3.8) is 0 Å². The molecule has 1 aromatic carbocycles. The average Bonchev–Trinajstić information content (AvgIpc) is 2.45. The van der Waals surface area contributed by atoms with Crippen molar-refractivity contribution in [3.05, 3.63) is 29.3 Å². The zero-order valence-corrected chi connectivity index (χ0v) is 13.2. The first-order valence-corrected chi connectivity index (χ1v) is 8.21. The molecule has 0 spiro atoms. The van der Waals surface area contributed by atoms with Crippen LogP contribution in [0.15, 0.2) is 18.2 Å². The molecule has 1 aliphatic carbocycles. The first-order chi connectivity index (χ1) is 9.69. The second-order valence-electron chi connectivity index (χ2n) is 6.16. The highest BCUT2D eigenvalue weighted by Gasteiger charge is 2.11. The minimum atomic E-state index is 0.218. The molecule has 0 saturated heterocycles. The maximum atomic E-state index is 6.05. The summed E-state index contributed by atoms with van der Waals surface area (Å²) >= 11 is 0. The van der Waals surface area contributed by atoms with Gasteiger partial charge < -0.3 is 10.1 Å². The Kier molecular flexibility index (Phi) is 5.90. The van der Waals surface area contributed by atoms with Crippen molar-refractivity contribution in [1.82, 2.24) is 5.32 Å². The van der Waals surface area contributed by atoms with Crippen LogP contribution in [0, 0.1) is 0 Å². The minimum Gasteiger partial charge on any atom is -0.489 e. The largest absolute Gasteiger partial charge is 0.489 e. The van der Waals surface area contributed by atoms with Crippen LogP contribution in [0.25, 0.3) is 0 Å². The first kappa shape index (κ1) is 15.4. The van der Waals surface area contributed by atoms with E-state index in [-0.39, 0.29) is 6.10 Å². The molecule has 2 unspecified atom stereocenters. The second kappa shape index (κ2) is 7.68. The van der Waals surface area contributed by atoms with E-state index in [1.807, 2.05) is 0 Å². The molecule has 1 aromatic rings. The molecule has 0 amide bonds. The number of nitrogens with one attached hydrogen (secondary N) is 1. The average molecular weight is 275 g/mol. The van der Waals surface area contributed by atoms with Crippen molar-refractivity contribution in [2.24, 2.45) is 0 Å². The molecule has 112 valence electrons. The van der Waals surface area contributed by atoms with Crippen LogP contribution in [-0.4, -0.2) is 18.7 Å². The Balaban J connectivity index is 1.83. The topological polar surface area (TPSA) is 21.3 Å². The zero-order chi connectivity index (χ0) is 14.4. The Morgan fingerprint density at radius 2 is 1.90 bits per heavy atom. The predicted octanol–water partition coefficient (Wildman–Crippen LogP) is 4.11. The summed E-state index contributed by atoms with van der Waals surface area (Å²) in [6.45, 7) is 7.53. The Morgan fingerprint density at radius 3 is 2.65 bits per heavy atom. The SMILES string of the molecule is CCCC(C)NCC(C)Oc1ccc2c(c1)CCCC2. The Morgan fingerprint density at radius 1 is 1.15 bits per heavy atom. The lowest BCUT2D eigenvalue weighted by molar-refractivity contribution is 0.211. The lowest BCUT2D eigenvalue weighted by Gasteiger charge is -2.21. The van der Waals surface area contributed by atoms with Gasteiger partial charge in [-0.3, -0.25) is 0 Å². The third-order valence-electron chi connectivity index (χ3n) is 4.13. The van der Waals surface area contributed by atoms with Crippen LogP contribution in [0.2, 0.25) is 0 Å². The number of rotatable bonds is 7. The van der Waals surface area contributed by atoms with Crippen LogP contribution in [0.3, 0.4) is 0 Å². The van der Waals surface area contributed by atoms with Crippen LogP contribution in [-0.2, 0) is 12.8 Å². The summed E-state index contributed by atoms with van der Waals surface area (Å²) in [4.78, 5) is 0. The molecule has 1 aliphatic rings. The molecule has 1 N–H and O–H groups in total. The number of aryl methyl sites for hydroxylation is 2. The maximum absolute atomic E-state index is 6.05. The molecule has 2 heteroatoms. The van der Waals surface area contributed by atoms with Gasteiger partial charge in [-0.2, -0.15) is 0 Å². The Bertz CT molecular complexity index is 416. The highest BCUT2D eigenvalue weighted by molar-refractivity contribution is 5.37. The van der Waals surface area contributed by atoms with E-state index >= 15 is 0 Å². The van der Waals surface area contributed by atoms with Gasteiger partial charge in [-0.1, -0.05) is 19.4 Å². The Hall–Kier alpha value is -1.02. The zero-order valence-electron chi connectivity index (χ0n) is 13.2. The van der Waals surface area contributed by atoms with E-state index in [0.29, 0.717) is 6.04 Å². The summed E-state index contributed by atoms with van der Waals surface area (Å²) in [5, 5.41) is 3.54. The molecule has 20 heavy (non-hydrogen) atoms. The van der Waals surface area contributed by atoms with Crippen molar-refractivity contribution in [3.8, 4) is 5.75 Å². The summed E-state index contributed by atoms with van der Waals surface area (Å²) < 4.78 is 6.05. The normalized spacial score (nSPS) is 17.4. The lowest BCUT2D eigenvalue weighted by atomic mass is 9.92. The lowest BCUT2D eigenvalue weighted by Crippen LogP contribution is -2.35. The van der Waals surface area contributed by atoms with Crippen molar-refractivity contribution >= 4 is 0 Å². The van der Waals surface area contributed by atoms with E-state index in [2.05, 4.69) is 44.3 Å². The number of fused-ring (bicyclic) bond motifs is 1. The maximum Gasteiger partial charge on any atom is 0.120 e. The molecule has 2 nitrogen and oxygen atoms in total. The van der Waals surface area contributed by atoms with Gasteiger partial charge in [-0.15, -0.1) is 0 Å². The fourth-order valence-electron chi connectivity index (χ4n) is 2.96. The minimum absolute atomic E-state index is 0.218. The molecule has 0 fully saturated rings. The number of ether oxygens (including phenoxy) is 1. The summed E-state index contributed by atoms with van der Waals surface area (Å²) in [6.07, 6.45) is 7.79. The second-order valence-corrected chi connectivity index (χ2v) is 6.16. The van der Waals surface area contributed by atoms with Gasteiger partial charge in [-0.05, 0) is 69.2 Å². The van der Waals surface area contributed by atoms with E-state index in [9.17, 15) is 0 Å². The first-order valence-electron chi connectivity index (χ1n) is 8.21. The van der Waals surface area contributed by atoms with Gasteiger partial charge >= 0.3 is 0 Å². The van der Waals surface area contributed by atoms with Crippen molar-refractivity contribution in [2.75, 3.05) is 6.54 Å². The molecule has 0 heterocycles. The summed E-state index contributed by atoms with van der Waals surface area (Å²) in [7, 11) is 0. The fraction of sp³-hybridized carbons (Fsp3) is 0.667. The van der Waals surface area contributed by atoms with Crippen molar-refractivity contribution in [1.29, 1.82) is 0 Å². The molecule has 0 aliphatic heterocycles. The van der Waals surface area contributed by atoms with Crippen molar-refractivity contribution in [2.45, 2.75) is 71.4 Å². The molecule has 0 aromatic heterocycles. The number of hydrogen-bond acceptors (Lipinski definition) is 2. The molecular weight excluding hydrogens is 246 g/mol. The van der Waals surface area contributed by atoms with Gasteiger partial charge in [0, 0.05) is 12.6 Å². The van der Waals surface area contributed by atoms with E-state index in [0.717, 1.165) is 12.3 Å². The van der Waals surface area contributed by atoms with Crippen LogP contribution < -0.4 is 10.1 Å². The molecule has 2 atom stereocenters. The molecular formula is C18H29NO. The highest BCUT2D eigenvalue weighted by atomic mass is 16.5. The number of hydrogen-bond donors (Lipinski definition) is 1. The summed E-state index contributed by atoms with van der Waals surface area (Å²) in [5.41, 5.74) is 3.01. The third kappa shape index (κ3) is 4.52. The quantitative estimate of drug-likeness (QED) is 0.808. The molecule has 0 saturated carbocycles. The summed E-state index contributed by atoms with van der Waals surface area (Å²) in [6, 6.07) is 7.22. The van der Waals surface area contributed by atoms with Gasteiger partial charge in [0.2, 0.25) is 0 Å². The molecule has 2 rings (SSSR count). The van der Waals surface area contributed by atoms with Gasteiger partial charge in [0.15, 0.2) is 0 Å². The van der Waals surface area contributed by atoms with Crippen molar-refractivity contribution < 1.29 is 4.74 Å². The van der Waals surface area contributed by atoms with Crippen LogP contribution in [0.4, 0.5) is 0 Å². The molecule has 0 bridgehead atoms. The number of benzene rings is 1. The smallest absolute Gasteiger partial charge is 0.120 e.